The molecular formula is C22H32N2O6S. The zero-order chi connectivity index (χ0) is 23.6. The van der Waals surface area contributed by atoms with Crippen molar-refractivity contribution in [2.24, 2.45) is 5.92 Å². The van der Waals surface area contributed by atoms with E-state index in [9.17, 15) is 23.4 Å². The van der Waals surface area contributed by atoms with E-state index >= 15 is 0 Å². The summed E-state index contributed by atoms with van der Waals surface area (Å²) in [7, 11) is -2.28. The molecule has 0 bridgehead atoms. The molecule has 172 valence electrons. The highest BCUT2D eigenvalue weighted by Gasteiger charge is 2.38. The summed E-state index contributed by atoms with van der Waals surface area (Å²) in [6, 6.07) is 3.89. The van der Waals surface area contributed by atoms with Crippen molar-refractivity contribution >= 4 is 15.9 Å². The number of aliphatic hydroxyl groups excluding tert-OH is 1. The van der Waals surface area contributed by atoms with E-state index in [4.69, 9.17) is 4.74 Å². The van der Waals surface area contributed by atoms with Crippen molar-refractivity contribution in [3.63, 3.8) is 0 Å². The van der Waals surface area contributed by atoms with E-state index in [0.29, 0.717) is 5.56 Å². The number of hydrogen-bond donors (Lipinski definition) is 2. The smallest absolute Gasteiger partial charge is 0.247 e. The Morgan fingerprint density at radius 1 is 1.42 bits per heavy atom. The number of carbonyl (C=O) groups is 1. The molecule has 0 spiro atoms. The molecule has 0 aromatic heterocycles. The Balaban J connectivity index is 2.62. The fourth-order valence-electron chi connectivity index (χ4n) is 3.14. The van der Waals surface area contributed by atoms with Gasteiger partial charge in [-0.25, -0.2) is 8.42 Å². The molecule has 1 aliphatic heterocycles. The molecule has 9 heteroatoms. The Labute approximate surface area is 184 Å². The molecule has 1 aromatic rings. The maximum atomic E-state index is 13.4. The first kappa shape index (κ1) is 25.1. The van der Waals surface area contributed by atoms with Crippen LogP contribution in [0.3, 0.4) is 0 Å². The molecule has 1 amide bonds. The highest BCUT2D eigenvalue weighted by Crippen LogP contribution is 2.34. The minimum absolute atomic E-state index is 0.0241. The summed E-state index contributed by atoms with van der Waals surface area (Å²) in [5, 5.41) is 19.5. The minimum Gasteiger partial charge on any atom is -0.487 e. The van der Waals surface area contributed by atoms with Gasteiger partial charge in [0.05, 0.1) is 13.2 Å². The first-order valence-electron chi connectivity index (χ1n) is 10.2. The van der Waals surface area contributed by atoms with E-state index in [1.807, 2.05) is 6.92 Å². The Kier molecular flexibility index (Phi) is 7.76. The van der Waals surface area contributed by atoms with E-state index in [0.717, 1.165) is 0 Å². The van der Waals surface area contributed by atoms with Gasteiger partial charge in [0.1, 0.15) is 22.4 Å². The third-order valence-electron chi connectivity index (χ3n) is 5.17. The van der Waals surface area contributed by atoms with Crippen LogP contribution in [0.2, 0.25) is 0 Å². The predicted octanol–water partition coefficient (Wildman–Crippen LogP) is 1.06. The van der Waals surface area contributed by atoms with Gasteiger partial charge in [0.25, 0.3) is 0 Å². The maximum absolute atomic E-state index is 13.4. The van der Waals surface area contributed by atoms with Gasteiger partial charge in [-0.3, -0.25) is 4.79 Å². The Morgan fingerprint density at radius 2 is 2.06 bits per heavy atom. The normalized spacial score (nSPS) is 22.1. The molecule has 2 N–H and O–H groups in total. The summed E-state index contributed by atoms with van der Waals surface area (Å²) >= 11 is 0. The van der Waals surface area contributed by atoms with Crippen molar-refractivity contribution in [3.8, 4) is 17.6 Å². The zero-order valence-corrected chi connectivity index (χ0v) is 19.7. The van der Waals surface area contributed by atoms with Crippen LogP contribution in [0.5, 0.6) is 5.75 Å². The van der Waals surface area contributed by atoms with Gasteiger partial charge < -0.3 is 19.8 Å². The fraction of sp³-hybridized carbons (Fsp3) is 0.591. The van der Waals surface area contributed by atoms with E-state index in [1.54, 1.807) is 33.9 Å². The van der Waals surface area contributed by atoms with E-state index in [2.05, 4.69) is 11.8 Å². The van der Waals surface area contributed by atoms with Crippen LogP contribution in [-0.2, 0) is 14.8 Å². The van der Waals surface area contributed by atoms with Crippen molar-refractivity contribution in [3.05, 3.63) is 23.8 Å². The molecule has 0 saturated heterocycles. The summed E-state index contributed by atoms with van der Waals surface area (Å²) < 4.78 is 34.2. The number of likely N-dealkylation sites (N-methyl/N-ethyl adjacent to an activating group) is 1. The first-order valence-corrected chi connectivity index (χ1v) is 11.6. The fourth-order valence-corrected chi connectivity index (χ4v) is 4.97. The molecule has 3 atom stereocenters. The Bertz CT molecular complexity index is 974. The summed E-state index contributed by atoms with van der Waals surface area (Å²) in [5.74, 6) is 5.28. The largest absolute Gasteiger partial charge is 0.487 e. The highest BCUT2D eigenvalue weighted by atomic mass is 32.2. The number of amides is 1. The second-order valence-corrected chi connectivity index (χ2v) is 10.5. The van der Waals surface area contributed by atoms with Gasteiger partial charge in [0.15, 0.2) is 0 Å². The van der Waals surface area contributed by atoms with Gasteiger partial charge in [0, 0.05) is 38.0 Å². The monoisotopic (exact) mass is 452 g/mol. The topological polar surface area (TPSA) is 107 Å². The van der Waals surface area contributed by atoms with Crippen LogP contribution >= 0.6 is 0 Å². The number of hydrogen-bond acceptors (Lipinski definition) is 6. The first-order chi connectivity index (χ1) is 14.3. The Morgan fingerprint density at radius 3 is 2.61 bits per heavy atom. The zero-order valence-electron chi connectivity index (χ0n) is 18.9. The molecule has 31 heavy (non-hydrogen) atoms. The van der Waals surface area contributed by atoms with Crippen molar-refractivity contribution in [1.29, 1.82) is 0 Å². The number of aliphatic hydroxyl groups is 2. The molecule has 1 heterocycles. The second-order valence-electron chi connectivity index (χ2n) is 8.61. The molecule has 1 aromatic carbocycles. The number of nitrogens with zero attached hydrogens (tertiary/aromatic N) is 2. The summed E-state index contributed by atoms with van der Waals surface area (Å²) in [5.41, 5.74) is -0.712. The van der Waals surface area contributed by atoms with Gasteiger partial charge in [-0.2, -0.15) is 4.31 Å². The molecule has 2 rings (SSSR count). The molecule has 0 aliphatic carbocycles. The average Bonchev–Trinajstić information content (AvgIpc) is 2.67. The lowest BCUT2D eigenvalue weighted by Gasteiger charge is -2.37. The summed E-state index contributed by atoms with van der Waals surface area (Å²) in [6.45, 7) is 8.15. The lowest BCUT2D eigenvalue weighted by atomic mass is 10.0. The third-order valence-corrected chi connectivity index (χ3v) is 7.19. The van der Waals surface area contributed by atoms with Crippen LogP contribution in [0.25, 0.3) is 0 Å². The molecule has 0 unspecified atom stereocenters. The van der Waals surface area contributed by atoms with Crippen LogP contribution < -0.4 is 4.74 Å². The number of sulfonamides is 1. The van der Waals surface area contributed by atoms with Crippen molar-refractivity contribution in [2.45, 2.75) is 57.3 Å². The van der Waals surface area contributed by atoms with E-state index in [-0.39, 0.29) is 42.2 Å². The molecule has 0 fully saturated rings. The SMILES string of the molecule is CC(=O)N(C)C[C@H]1Oc2cc(C#CC(C)(C)O)ccc2S(=O)(=O)N([C@H](C)CO)C[C@H]1C. The third kappa shape index (κ3) is 6.20. The standard InChI is InChI=1S/C22H32N2O6S/c1-15-12-24(16(2)14-25)31(28,29)21-8-7-18(9-10-22(4,5)27)11-19(21)30-20(15)13-23(6)17(3)26/h7-8,11,15-16,20,25,27H,12-14H2,1-6H3/t15-,16-,20-/m1/s1. The van der Waals surface area contributed by atoms with Gasteiger partial charge in [-0.15, -0.1) is 0 Å². The van der Waals surface area contributed by atoms with Gasteiger partial charge in [-0.1, -0.05) is 18.8 Å². The maximum Gasteiger partial charge on any atom is 0.247 e. The number of ether oxygens (including phenoxy) is 1. The van der Waals surface area contributed by atoms with Gasteiger partial charge >= 0.3 is 0 Å². The van der Waals surface area contributed by atoms with E-state index in [1.165, 1.54) is 28.3 Å². The highest BCUT2D eigenvalue weighted by molar-refractivity contribution is 7.89. The van der Waals surface area contributed by atoms with Crippen LogP contribution in [0.4, 0.5) is 0 Å². The Hall–Kier alpha value is -2.12. The lowest BCUT2D eigenvalue weighted by Crippen LogP contribution is -2.50. The quantitative estimate of drug-likeness (QED) is 0.662. The predicted molar refractivity (Wildman–Crippen MR) is 117 cm³/mol. The lowest BCUT2D eigenvalue weighted by molar-refractivity contribution is -0.129. The number of rotatable bonds is 4. The van der Waals surface area contributed by atoms with Crippen LogP contribution in [-0.4, -0.2) is 78.2 Å². The molecule has 0 radical (unpaired) electrons. The van der Waals surface area contributed by atoms with Crippen LogP contribution in [0.15, 0.2) is 23.1 Å². The summed E-state index contributed by atoms with van der Waals surface area (Å²) in [6.07, 6.45) is -0.478. The van der Waals surface area contributed by atoms with Gasteiger partial charge in [-0.05, 0) is 39.0 Å². The number of fused-ring (bicyclic) bond motifs is 1. The van der Waals surface area contributed by atoms with Crippen LogP contribution in [0, 0.1) is 17.8 Å². The van der Waals surface area contributed by atoms with Crippen molar-refractivity contribution < 1.29 is 28.2 Å². The minimum atomic E-state index is -3.95. The van der Waals surface area contributed by atoms with E-state index < -0.39 is 27.8 Å². The average molecular weight is 453 g/mol. The number of benzene rings is 1. The number of carbonyl (C=O) groups excluding carboxylic acids is 1. The van der Waals surface area contributed by atoms with Crippen LogP contribution in [0.1, 0.15) is 40.2 Å². The van der Waals surface area contributed by atoms with Crippen molar-refractivity contribution in [2.75, 3.05) is 26.7 Å². The summed E-state index contributed by atoms with van der Waals surface area (Å²) in [4.78, 5) is 13.3. The molecule has 0 saturated carbocycles. The molecule has 1 aliphatic rings. The molecular weight excluding hydrogens is 420 g/mol. The second kappa shape index (κ2) is 9.57. The van der Waals surface area contributed by atoms with Gasteiger partial charge in [0.2, 0.25) is 15.9 Å². The molecule has 8 nitrogen and oxygen atoms in total. The van der Waals surface area contributed by atoms with Crippen molar-refractivity contribution in [1.82, 2.24) is 9.21 Å².